The molecule has 23 heavy (non-hydrogen) atoms. The largest absolute Gasteiger partial charge is 0.424 e. The molecule has 1 amide bonds. The molecule has 0 aromatic carbocycles. The van der Waals surface area contributed by atoms with Crippen molar-refractivity contribution in [1.29, 1.82) is 0 Å². The van der Waals surface area contributed by atoms with Crippen LogP contribution in [-0.2, 0) is 13.1 Å². The number of nitrogens with zero attached hydrogens (tertiary/aromatic N) is 3. The van der Waals surface area contributed by atoms with Gasteiger partial charge < -0.3 is 14.3 Å². The van der Waals surface area contributed by atoms with Crippen molar-refractivity contribution in [3.63, 3.8) is 0 Å². The highest BCUT2D eigenvalue weighted by Crippen LogP contribution is 2.06. The Morgan fingerprint density at radius 2 is 2.09 bits per heavy atom. The summed E-state index contributed by atoms with van der Waals surface area (Å²) in [6.07, 6.45) is 2.61. The first kappa shape index (κ1) is 16.9. The van der Waals surface area contributed by atoms with Crippen LogP contribution in [0.2, 0.25) is 0 Å². The Kier molecular flexibility index (Phi) is 5.31. The van der Waals surface area contributed by atoms with Gasteiger partial charge in [0.2, 0.25) is 11.8 Å². The molecule has 0 atom stereocenters. The molecule has 2 rings (SSSR count). The number of hydrogen-bond donors (Lipinski definition) is 1. The van der Waals surface area contributed by atoms with Crippen molar-refractivity contribution in [3.8, 4) is 0 Å². The number of hydrogen-bond acceptors (Lipinski definition) is 5. The summed E-state index contributed by atoms with van der Waals surface area (Å²) in [5.74, 6) is 0.800. The third-order valence-electron chi connectivity index (χ3n) is 3.52. The van der Waals surface area contributed by atoms with E-state index in [4.69, 9.17) is 4.42 Å². The molecule has 0 fully saturated rings. The maximum atomic E-state index is 12.5. The highest BCUT2D eigenvalue weighted by atomic mass is 16.4. The van der Waals surface area contributed by atoms with E-state index in [9.17, 15) is 9.59 Å². The van der Waals surface area contributed by atoms with Gasteiger partial charge in [-0.05, 0) is 30.9 Å². The quantitative estimate of drug-likeness (QED) is 0.877. The van der Waals surface area contributed by atoms with E-state index in [1.54, 1.807) is 30.7 Å². The van der Waals surface area contributed by atoms with Gasteiger partial charge in [-0.1, -0.05) is 13.8 Å². The number of rotatable bonds is 6. The van der Waals surface area contributed by atoms with Gasteiger partial charge >= 0.3 is 0 Å². The zero-order chi connectivity index (χ0) is 17.0. The van der Waals surface area contributed by atoms with Crippen molar-refractivity contribution in [2.75, 3.05) is 0 Å². The van der Waals surface area contributed by atoms with E-state index < -0.39 is 5.91 Å². The summed E-state index contributed by atoms with van der Waals surface area (Å²) >= 11 is 0. The van der Waals surface area contributed by atoms with Gasteiger partial charge in [0.1, 0.15) is 5.56 Å². The number of carbonyl (C=O) groups excluding carboxylic acids is 1. The molecule has 0 spiro atoms. The van der Waals surface area contributed by atoms with Gasteiger partial charge in [-0.25, -0.2) is 0 Å². The summed E-state index contributed by atoms with van der Waals surface area (Å²) < 4.78 is 6.78. The number of aryl methyl sites for hydroxylation is 3. The first-order valence-corrected chi connectivity index (χ1v) is 7.65. The molecule has 0 bridgehead atoms. The van der Waals surface area contributed by atoms with Crippen molar-refractivity contribution >= 4 is 5.91 Å². The highest BCUT2D eigenvalue weighted by Gasteiger charge is 2.16. The predicted octanol–water partition coefficient (Wildman–Crippen LogP) is 1.82. The molecule has 7 heteroatoms. The molecule has 124 valence electrons. The molecule has 2 aromatic rings. The van der Waals surface area contributed by atoms with Gasteiger partial charge in [-0.2, -0.15) is 0 Å². The van der Waals surface area contributed by atoms with E-state index in [-0.39, 0.29) is 17.7 Å². The van der Waals surface area contributed by atoms with Crippen LogP contribution in [0, 0.1) is 19.8 Å². The van der Waals surface area contributed by atoms with Crippen LogP contribution >= 0.6 is 0 Å². The molecule has 0 radical (unpaired) electrons. The Bertz CT molecular complexity index is 746. The fourth-order valence-corrected chi connectivity index (χ4v) is 2.17. The standard InChI is InChI=1S/C16H22N4O3/c1-10(2)5-7-20-8-6-11(3)14(16(20)22)15(21)17-9-13-19-18-12(4)23-13/h6,8,10H,5,7,9H2,1-4H3,(H,17,21). The lowest BCUT2D eigenvalue weighted by molar-refractivity contribution is 0.0944. The van der Waals surface area contributed by atoms with Crippen LogP contribution in [0.25, 0.3) is 0 Å². The van der Waals surface area contributed by atoms with E-state index in [1.807, 2.05) is 0 Å². The Balaban J connectivity index is 2.15. The zero-order valence-electron chi connectivity index (χ0n) is 13.9. The molecule has 0 unspecified atom stereocenters. The van der Waals surface area contributed by atoms with E-state index in [1.165, 1.54) is 0 Å². The molecule has 2 aromatic heterocycles. The molecule has 0 aliphatic carbocycles. The average Bonchev–Trinajstić information content (AvgIpc) is 2.90. The van der Waals surface area contributed by atoms with Crippen molar-refractivity contribution in [3.05, 3.63) is 45.5 Å². The molecular formula is C16H22N4O3. The third-order valence-corrected chi connectivity index (χ3v) is 3.52. The van der Waals surface area contributed by atoms with Gasteiger partial charge in [0.25, 0.3) is 11.5 Å². The smallest absolute Gasteiger partial charge is 0.263 e. The van der Waals surface area contributed by atoms with Crippen molar-refractivity contribution in [2.45, 2.75) is 47.2 Å². The van der Waals surface area contributed by atoms with E-state index in [0.717, 1.165) is 6.42 Å². The molecule has 0 aliphatic rings. The lowest BCUT2D eigenvalue weighted by Gasteiger charge is -2.11. The summed E-state index contributed by atoms with van der Waals surface area (Å²) in [7, 11) is 0. The average molecular weight is 318 g/mol. The molecule has 0 saturated carbocycles. The van der Waals surface area contributed by atoms with E-state index >= 15 is 0 Å². The van der Waals surface area contributed by atoms with Crippen LogP contribution in [-0.4, -0.2) is 20.7 Å². The van der Waals surface area contributed by atoms with Gasteiger partial charge in [0.15, 0.2) is 0 Å². The fourth-order valence-electron chi connectivity index (χ4n) is 2.17. The maximum Gasteiger partial charge on any atom is 0.263 e. The van der Waals surface area contributed by atoms with Gasteiger partial charge in [-0.15, -0.1) is 10.2 Å². The van der Waals surface area contributed by atoms with Gasteiger partial charge in [0.05, 0.1) is 6.54 Å². The predicted molar refractivity (Wildman–Crippen MR) is 85.1 cm³/mol. The lowest BCUT2D eigenvalue weighted by Crippen LogP contribution is -2.34. The number of amides is 1. The summed E-state index contributed by atoms with van der Waals surface area (Å²) in [6, 6.07) is 1.79. The number of nitrogens with one attached hydrogen (secondary N) is 1. The van der Waals surface area contributed by atoms with Crippen LogP contribution in [0.5, 0.6) is 0 Å². The maximum absolute atomic E-state index is 12.5. The Labute approximate surface area is 134 Å². The minimum absolute atomic E-state index is 0.0967. The highest BCUT2D eigenvalue weighted by molar-refractivity contribution is 5.95. The van der Waals surface area contributed by atoms with Crippen LogP contribution in [0.15, 0.2) is 21.5 Å². The Morgan fingerprint density at radius 3 is 2.70 bits per heavy atom. The molecule has 2 heterocycles. The second-order valence-corrected chi connectivity index (χ2v) is 5.95. The minimum Gasteiger partial charge on any atom is -0.424 e. The van der Waals surface area contributed by atoms with Crippen LogP contribution < -0.4 is 10.9 Å². The van der Waals surface area contributed by atoms with Gasteiger partial charge in [-0.3, -0.25) is 9.59 Å². The zero-order valence-corrected chi connectivity index (χ0v) is 13.9. The topological polar surface area (TPSA) is 90.0 Å². The van der Waals surface area contributed by atoms with Crippen molar-refractivity contribution in [2.24, 2.45) is 5.92 Å². The van der Waals surface area contributed by atoms with Crippen molar-refractivity contribution in [1.82, 2.24) is 20.1 Å². The third kappa shape index (κ3) is 4.28. The van der Waals surface area contributed by atoms with E-state index in [2.05, 4.69) is 29.4 Å². The first-order chi connectivity index (χ1) is 10.9. The second kappa shape index (κ2) is 7.21. The summed E-state index contributed by atoms with van der Waals surface area (Å²) in [5.41, 5.74) is 0.535. The van der Waals surface area contributed by atoms with Crippen LogP contribution in [0.1, 0.15) is 48.0 Å². The molecule has 0 saturated heterocycles. The number of pyridine rings is 1. The van der Waals surface area contributed by atoms with E-state index in [0.29, 0.717) is 29.8 Å². The molecule has 7 nitrogen and oxygen atoms in total. The Morgan fingerprint density at radius 1 is 1.35 bits per heavy atom. The number of carbonyl (C=O) groups is 1. The summed E-state index contributed by atoms with van der Waals surface area (Å²) in [5, 5.41) is 10.2. The lowest BCUT2D eigenvalue weighted by atomic mass is 10.1. The molecule has 1 N–H and O–H groups in total. The van der Waals surface area contributed by atoms with Gasteiger partial charge in [0, 0.05) is 19.7 Å². The van der Waals surface area contributed by atoms with Crippen molar-refractivity contribution < 1.29 is 9.21 Å². The Hall–Kier alpha value is -2.44. The van der Waals surface area contributed by atoms with Crippen LogP contribution in [0.4, 0.5) is 0 Å². The SMILES string of the molecule is Cc1nnc(CNC(=O)c2c(C)ccn(CCC(C)C)c2=O)o1. The monoisotopic (exact) mass is 318 g/mol. The second-order valence-electron chi connectivity index (χ2n) is 5.95. The normalized spacial score (nSPS) is 11.0. The minimum atomic E-state index is -0.428. The molecule has 0 aliphatic heterocycles. The summed E-state index contributed by atoms with van der Waals surface area (Å²) in [4.78, 5) is 24.9. The molecular weight excluding hydrogens is 296 g/mol. The summed E-state index contributed by atoms with van der Waals surface area (Å²) in [6.45, 7) is 8.31. The number of aromatic nitrogens is 3. The first-order valence-electron chi connectivity index (χ1n) is 7.65. The van der Waals surface area contributed by atoms with Crippen LogP contribution in [0.3, 0.4) is 0 Å². The fraction of sp³-hybridized carbons (Fsp3) is 0.500.